The highest BCUT2D eigenvalue weighted by atomic mass is 35.5. The van der Waals surface area contributed by atoms with Crippen molar-refractivity contribution >= 4 is 23.2 Å². The van der Waals surface area contributed by atoms with Crippen LogP contribution in [0.15, 0.2) is 54.1 Å². The van der Waals surface area contributed by atoms with Crippen molar-refractivity contribution in [2.45, 2.75) is 13.3 Å². The van der Waals surface area contributed by atoms with E-state index in [1.54, 1.807) is 24.3 Å². The van der Waals surface area contributed by atoms with Crippen molar-refractivity contribution in [3.63, 3.8) is 0 Å². The predicted octanol–water partition coefficient (Wildman–Crippen LogP) is 4.20. The molecule has 3 heteroatoms. The van der Waals surface area contributed by atoms with Crippen LogP contribution in [0.3, 0.4) is 0 Å². The third-order valence-corrected chi connectivity index (χ3v) is 3.75. The minimum absolute atomic E-state index is 0.0807. The fourth-order valence-electron chi connectivity index (χ4n) is 2.64. The van der Waals surface area contributed by atoms with Gasteiger partial charge in [0.1, 0.15) is 0 Å². The van der Waals surface area contributed by atoms with E-state index < -0.39 is 0 Å². The SMILES string of the molecule is Cc1cc(Cl)cc(CC2=CC(=O)c3ccccc3C2=O)c1. The topological polar surface area (TPSA) is 34.1 Å². The highest BCUT2D eigenvalue weighted by Gasteiger charge is 2.24. The van der Waals surface area contributed by atoms with E-state index in [4.69, 9.17) is 11.6 Å². The molecule has 0 aromatic heterocycles. The third-order valence-electron chi connectivity index (χ3n) is 3.53. The van der Waals surface area contributed by atoms with Gasteiger partial charge in [-0.1, -0.05) is 41.9 Å². The molecule has 0 atom stereocenters. The van der Waals surface area contributed by atoms with Crippen LogP contribution >= 0.6 is 11.6 Å². The van der Waals surface area contributed by atoms with E-state index in [9.17, 15) is 9.59 Å². The van der Waals surface area contributed by atoms with Crippen LogP contribution in [-0.4, -0.2) is 11.6 Å². The number of carbonyl (C=O) groups is 2. The van der Waals surface area contributed by atoms with Crippen molar-refractivity contribution in [3.8, 4) is 0 Å². The Morgan fingerprint density at radius 3 is 2.43 bits per heavy atom. The molecule has 0 saturated heterocycles. The average molecular weight is 297 g/mol. The van der Waals surface area contributed by atoms with Gasteiger partial charge in [0.2, 0.25) is 0 Å². The standard InChI is InChI=1S/C18H13ClO2/c1-11-6-12(9-14(19)7-11)8-13-10-17(20)15-4-2-3-5-16(15)18(13)21/h2-7,9-10H,8H2,1H3. The Morgan fingerprint density at radius 1 is 1.00 bits per heavy atom. The van der Waals surface area contributed by atoms with Gasteiger partial charge in [-0.2, -0.15) is 0 Å². The van der Waals surface area contributed by atoms with Crippen LogP contribution in [-0.2, 0) is 6.42 Å². The van der Waals surface area contributed by atoms with Crippen LogP contribution in [0.4, 0.5) is 0 Å². The van der Waals surface area contributed by atoms with Crippen LogP contribution in [0.5, 0.6) is 0 Å². The summed E-state index contributed by atoms with van der Waals surface area (Å²) in [5.41, 5.74) is 3.45. The number of halogens is 1. The Balaban J connectivity index is 1.97. The molecule has 104 valence electrons. The molecule has 0 unspecified atom stereocenters. The summed E-state index contributed by atoms with van der Waals surface area (Å²) in [5.74, 6) is -0.193. The molecule has 0 N–H and O–H groups in total. The first-order valence-electron chi connectivity index (χ1n) is 6.69. The zero-order chi connectivity index (χ0) is 15.0. The number of hydrogen-bond donors (Lipinski definition) is 0. The summed E-state index contributed by atoms with van der Waals surface area (Å²) in [6.45, 7) is 1.95. The van der Waals surface area contributed by atoms with Gasteiger partial charge < -0.3 is 0 Å². The second-order valence-electron chi connectivity index (χ2n) is 5.22. The van der Waals surface area contributed by atoms with Gasteiger partial charge >= 0.3 is 0 Å². The lowest BCUT2D eigenvalue weighted by atomic mass is 9.86. The Morgan fingerprint density at radius 2 is 1.71 bits per heavy atom. The molecular weight excluding hydrogens is 284 g/mol. The van der Waals surface area contributed by atoms with Gasteiger partial charge in [-0.3, -0.25) is 9.59 Å². The zero-order valence-corrected chi connectivity index (χ0v) is 12.3. The summed E-state index contributed by atoms with van der Waals surface area (Å²) in [5, 5.41) is 0.639. The van der Waals surface area contributed by atoms with Gasteiger partial charge in [-0.15, -0.1) is 0 Å². The lowest BCUT2D eigenvalue weighted by Gasteiger charge is -2.15. The van der Waals surface area contributed by atoms with Crippen molar-refractivity contribution in [1.29, 1.82) is 0 Å². The maximum Gasteiger partial charge on any atom is 0.190 e. The van der Waals surface area contributed by atoms with Crippen LogP contribution < -0.4 is 0 Å². The molecule has 0 fully saturated rings. The summed E-state index contributed by atoms with van der Waals surface area (Å²) < 4.78 is 0. The molecule has 0 heterocycles. The molecule has 1 aliphatic rings. The first kappa shape index (κ1) is 13.8. The first-order valence-corrected chi connectivity index (χ1v) is 7.07. The molecule has 0 radical (unpaired) electrons. The number of fused-ring (bicyclic) bond motifs is 1. The monoisotopic (exact) mass is 296 g/mol. The number of aryl methyl sites for hydroxylation is 1. The second kappa shape index (κ2) is 5.30. The number of rotatable bonds is 2. The van der Waals surface area contributed by atoms with Crippen molar-refractivity contribution < 1.29 is 9.59 Å². The number of carbonyl (C=O) groups excluding carboxylic acids is 2. The lowest BCUT2D eigenvalue weighted by molar-refractivity contribution is 0.0982. The molecule has 2 aromatic carbocycles. The molecule has 0 bridgehead atoms. The van der Waals surface area contributed by atoms with Gasteiger partial charge in [0.15, 0.2) is 11.6 Å². The van der Waals surface area contributed by atoms with Gasteiger partial charge in [0.25, 0.3) is 0 Å². The van der Waals surface area contributed by atoms with E-state index in [0.29, 0.717) is 28.1 Å². The van der Waals surface area contributed by atoms with E-state index >= 15 is 0 Å². The Kier molecular flexibility index (Phi) is 3.48. The summed E-state index contributed by atoms with van der Waals surface area (Å²) in [6.07, 6.45) is 1.86. The second-order valence-corrected chi connectivity index (χ2v) is 5.66. The van der Waals surface area contributed by atoms with Crippen LogP contribution in [0.25, 0.3) is 0 Å². The molecule has 1 aliphatic carbocycles. The normalized spacial score (nSPS) is 13.9. The van der Waals surface area contributed by atoms with Crippen molar-refractivity contribution in [2.24, 2.45) is 0 Å². The highest BCUT2D eigenvalue weighted by molar-refractivity contribution is 6.30. The molecule has 2 nitrogen and oxygen atoms in total. The minimum atomic E-state index is -0.112. The maximum absolute atomic E-state index is 12.5. The maximum atomic E-state index is 12.5. The summed E-state index contributed by atoms with van der Waals surface area (Å²) in [4.78, 5) is 24.6. The van der Waals surface area contributed by atoms with Gasteiger partial charge in [-0.25, -0.2) is 0 Å². The number of allylic oxidation sites excluding steroid dienone is 2. The average Bonchev–Trinajstić information content (AvgIpc) is 2.43. The smallest absolute Gasteiger partial charge is 0.190 e. The van der Waals surface area contributed by atoms with Crippen LogP contribution in [0.2, 0.25) is 5.02 Å². The Labute approximate surface area is 128 Å². The number of benzene rings is 2. The molecule has 0 spiro atoms. The van der Waals surface area contributed by atoms with Crippen LogP contribution in [0, 0.1) is 6.92 Å². The molecular formula is C18H13ClO2. The molecule has 2 aromatic rings. The van der Waals surface area contributed by atoms with E-state index in [1.807, 2.05) is 25.1 Å². The van der Waals surface area contributed by atoms with Gasteiger partial charge in [-0.05, 0) is 36.3 Å². The van der Waals surface area contributed by atoms with Crippen molar-refractivity contribution in [2.75, 3.05) is 0 Å². The number of ketones is 2. The molecule has 0 saturated carbocycles. The van der Waals surface area contributed by atoms with Crippen molar-refractivity contribution in [3.05, 3.63) is 81.4 Å². The summed E-state index contributed by atoms with van der Waals surface area (Å²) >= 11 is 6.04. The fourth-order valence-corrected chi connectivity index (χ4v) is 2.95. The van der Waals surface area contributed by atoms with E-state index in [-0.39, 0.29) is 11.6 Å². The Bertz CT molecular complexity index is 767. The van der Waals surface area contributed by atoms with Crippen LogP contribution in [0.1, 0.15) is 31.8 Å². The van der Waals surface area contributed by atoms with Gasteiger partial charge in [0, 0.05) is 28.1 Å². The summed E-state index contributed by atoms with van der Waals surface area (Å²) in [6, 6.07) is 12.6. The lowest BCUT2D eigenvalue weighted by Crippen LogP contribution is -2.18. The summed E-state index contributed by atoms with van der Waals surface area (Å²) in [7, 11) is 0. The highest BCUT2D eigenvalue weighted by Crippen LogP contribution is 2.25. The molecule has 21 heavy (non-hydrogen) atoms. The minimum Gasteiger partial charge on any atom is -0.289 e. The third kappa shape index (κ3) is 2.67. The number of hydrogen-bond acceptors (Lipinski definition) is 2. The Hall–Kier alpha value is -2.19. The zero-order valence-electron chi connectivity index (χ0n) is 11.5. The fraction of sp³-hybridized carbons (Fsp3) is 0.111. The van der Waals surface area contributed by atoms with Crippen molar-refractivity contribution in [1.82, 2.24) is 0 Å². The van der Waals surface area contributed by atoms with E-state index in [2.05, 4.69) is 0 Å². The molecule has 3 rings (SSSR count). The quantitative estimate of drug-likeness (QED) is 0.832. The largest absolute Gasteiger partial charge is 0.289 e. The molecule has 0 aliphatic heterocycles. The van der Waals surface area contributed by atoms with E-state index in [1.165, 1.54) is 6.08 Å². The van der Waals surface area contributed by atoms with Gasteiger partial charge in [0.05, 0.1) is 0 Å². The first-order chi connectivity index (χ1) is 10.0. The predicted molar refractivity (Wildman–Crippen MR) is 83.1 cm³/mol. The number of Topliss-reactive ketones (excluding diaryl/α,β-unsaturated/α-hetero) is 1. The van der Waals surface area contributed by atoms with E-state index in [0.717, 1.165) is 11.1 Å². The molecule has 0 amide bonds.